The van der Waals surface area contributed by atoms with E-state index in [9.17, 15) is 19.2 Å². The number of methoxy groups -OCH3 is 1. The van der Waals surface area contributed by atoms with Gasteiger partial charge in [-0.2, -0.15) is 0 Å². The van der Waals surface area contributed by atoms with Crippen molar-refractivity contribution >= 4 is 71.2 Å². The molecule has 6 aromatic rings. The Balaban J connectivity index is 1.15. The number of imide groups is 2. The molecule has 4 aliphatic rings. The Labute approximate surface area is 584 Å². The molecule has 6 aromatic carbocycles. The second-order valence-electron chi connectivity index (χ2n) is 25.9. The molecule has 4 aliphatic heterocycles. The molecule has 25 heteroatoms. The van der Waals surface area contributed by atoms with Gasteiger partial charge in [0.1, 0.15) is 60.3 Å². The van der Waals surface area contributed by atoms with Crippen LogP contribution in [-0.2, 0) is 93.0 Å². The van der Waals surface area contributed by atoms with Gasteiger partial charge < -0.3 is 58.0 Å². The third-order valence-corrected chi connectivity index (χ3v) is 17.2. The van der Waals surface area contributed by atoms with Crippen LogP contribution in [0.1, 0.15) is 118 Å². The van der Waals surface area contributed by atoms with Crippen LogP contribution in [0.15, 0.2) is 170 Å². The second-order valence-corrected chi connectivity index (χ2v) is 26.1. The van der Waals surface area contributed by atoms with Crippen molar-refractivity contribution in [2.75, 3.05) is 20.3 Å². The van der Waals surface area contributed by atoms with Crippen LogP contribution in [0.5, 0.6) is 0 Å². The van der Waals surface area contributed by atoms with Gasteiger partial charge in [-0.3, -0.25) is 48.3 Å². The number of ether oxygens (including phenoxy) is 10. The number of rotatable bonds is 29. The fraction of sp³-hybridized carbons (Fsp3) is 0.387. The number of nitrogens with one attached hydrogen (secondary N) is 2. The Kier molecular flexibility index (Phi) is 24.6. The first kappa shape index (κ1) is 73.3. The third-order valence-electron chi connectivity index (χ3n) is 17.0. The molecule has 24 nitrogen and oxygen atoms in total. The van der Waals surface area contributed by atoms with Gasteiger partial charge in [-0.25, -0.2) is 9.59 Å². The molecule has 0 aromatic heterocycles. The van der Waals surface area contributed by atoms with Crippen LogP contribution in [0.4, 0.5) is 4.79 Å². The van der Waals surface area contributed by atoms with E-state index >= 15 is 24.0 Å². The Hall–Kier alpha value is -9.44. The van der Waals surface area contributed by atoms with Crippen molar-refractivity contribution in [2.45, 2.75) is 160 Å². The quantitative estimate of drug-likeness (QED) is 0.0193. The smallest absolute Gasteiger partial charge is 0.408 e. The predicted octanol–water partition coefficient (Wildman–Crippen LogP) is 8.46. The molecule has 0 saturated carbocycles. The molecule has 0 unspecified atom stereocenters. The lowest BCUT2D eigenvalue weighted by atomic mass is 9.91. The first-order valence-corrected chi connectivity index (χ1v) is 33.4. The molecule has 526 valence electrons. The predicted molar refractivity (Wildman–Crippen MR) is 363 cm³/mol. The average molecular weight is 1390 g/mol. The summed E-state index contributed by atoms with van der Waals surface area (Å²) in [5.41, 5.74) is 2.49. The average Bonchev–Trinajstić information content (AvgIpc) is 1.52. The first-order valence-electron chi connectivity index (χ1n) is 32.9. The van der Waals surface area contributed by atoms with Crippen LogP contribution in [0.3, 0.4) is 0 Å². The van der Waals surface area contributed by atoms with Gasteiger partial charge in [-0.15, -0.1) is 0 Å². The van der Waals surface area contributed by atoms with Crippen molar-refractivity contribution < 1.29 is 90.5 Å². The Bertz CT molecular complexity index is 3810. The minimum Gasteiger partial charge on any atom is -0.467 e. The van der Waals surface area contributed by atoms with Crippen molar-refractivity contribution in [3.8, 4) is 0 Å². The lowest BCUT2D eigenvalue weighted by molar-refractivity contribution is -0.337. The van der Waals surface area contributed by atoms with Crippen LogP contribution < -0.4 is 10.6 Å². The molecular weight excluding hydrogens is 1310 g/mol. The van der Waals surface area contributed by atoms with E-state index in [4.69, 9.17) is 59.6 Å². The van der Waals surface area contributed by atoms with Crippen molar-refractivity contribution in [2.24, 2.45) is 5.92 Å². The van der Waals surface area contributed by atoms with E-state index in [0.717, 1.165) is 32.9 Å². The first-order chi connectivity index (χ1) is 48.1. The number of amides is 7. The largest absolute Gasteiger partial charge is 0.467 e. The maximum absolute atomic E-state index is 15.7. The molecule has 10 rings (SSSR count). The number of benzene rings is 6. The van der Waals surface area contributed by atoms with Gasteiger partial charge >= 0.3 is 18.0 Å². The summed E-state index contributed by atoms with van der Waals surface area (Å²) in [5, 5.41) is 5.12. The lowest BCUT2D eigenvalue weighted by Crippen LogP contribution is -2.72. The normalized spacial score (nSPS) is 22.5. The highest BCUT2D eigenvalue weighted by atomic mass is 32.1. The summed E-state index contributed by atoms with van der Waals surface area (Å²) in [5.74, 6) is -7.08. The van der Waals surface area contributed by atoms with Gasteiger partial charge in [-0.1, -0.05) is 172 Å². The fourth-order valence-corrected chi connectivity index (χ4v) is 12.8. The van der Waals surface area contributed by atoms with Gasteiger partial charge in [0.05, 0.1) is 80.9 Å². The molecule has 0 aliphatic carbocycles. The SMILES string of the molecule is COC(=O)[C@H](CC(C)C)NC(=O)[C@H](CC(=O)N(C=S)[C@@H]1O[C@H](COCc2ccccc2)[C@@H](O[C@@H]2O[C@H](COCc3ccccc3)[C@@H](OC(C)=O)[C@H](OCc3ccccc3)[C@H]2N2C(=O)c3ccccc3C2=O)[C@H](OCc2ccccc2)[C@H]1N1C(=O)c2ccccc2C1=O)NC(=O)OC(C)(C)C. The molecule has 0 bridgehead atoms. The number of thiocarbonyl (C=S) groups is 1. The van der Waals surface area contributed by atoms with E-state index in [1.807, 2.05) is 80.6 Å². The van der Waals surface area contributed by atoms with Gasteiger partial charge in [-0.05, 0) is 79.6 Å². The van der Waals surface area contributed by atoms with Crippen LogP contribution >= 0.6 is 12.2 Å². The van der Waals surface area contributed by atoms with E-state index in [1.54, 1.807) is 99.6 Å². The van der Waals surface area contributed by atoms with Gasteiger partial charge in [0, 0.05) is 6.92 Å². The number of esters is 2. The molecular formula is C75H81N5O19S. The molecule has 4 heterocycles. The molecule has 0 radical (unpaired) electrons. The molecule has 0 spiro atoms. The molecule has 100 heavy (non-hydrogen) atoms. The number of alkyl carbamates (subject to hydrolysis) is 1. The standard InChI is InChI=1S/C75H81N5O19S/c1-45(2)36-56(72(88)90-7)76-66(83)55(77-74(89)99-75(4,5)6)37-59(82)78(44-100)71-60(79-67(84)51-32-20-21-33-52(51)68(79)85)64(93-40-49-28-16-10-17-29-49)63(57(96-71)42-91-38-47-24-12-8-13-25-47)98-73-61(80-69(86)53-34-22-23-35-54(53)70(80)87)65(94-41-50-30-18-11-19-31-50)62(95-46(3)81)58(97-73)43-92-39-48-26-14-9-15-27-48/h8-35,44-45,55-58,60-65,71,73H,36-43H2,1-7H3,(H,76,83)(H,77,89)/t55-,56-,57+,58+,60+,61+,62+,63+,64+,65+,71+,73-/m0/s1. The zero-order chi connectivity index (χ0) is 71.2. The molecule has 2 saturated heterocycles. The fourth-order valence-electron chi connectivity index (χ4n) is 12.5. The minimum atomic E-state index is -1.90. The summed E-state index contributed by atoms with van der Waals surface area (Å²) in [6.07, 6.45) is -14.9. The number of hydrogen-bond donors (Lipinski definition) is 2. The summed E-state index contributed by atoms with van der Waals surface area (Å²) >= 11 is 5.77. The number of hydrogen-bond acceptors (Lipinski definition) is 20. The highest BCUT2D eigenvalue weighted by Gasteiger charge is 2.61. The molecule has 2 fully saturated rings. The monoisotopic (exact) mass is 1390 g/mol. The van der Waals surface area contributed by atoms with Crippen LogP contribution in [0.2, 0.25) is 0 Å². The zero-order valence-corrected chi connectivity index (χ0v) is 57.2. The van der Waals surface area contributed by atoms with Crippen molar-refractivity contribution in [1.82, 2.24) is 25.3 Å². The molecule has 12 atom stereocenters. The highest BCUT2D eigenvalue weighted by Crippen LogP contribution is 2.42. The molecule has 2 N–H and O–H groups in total. The van der Waals surface area contributed by atoms with Gasteiger partial charge in [0.25, 0.3) is 23.6 Å². The maximum atomic E-state index is 15.7. The Morgan fingerprint density at radius 3 is 1.40 bits per heavy atom. The van der Waals surface area contributed by atoms with E-state index < -0.39 is 145 Å². The van der Waals surface area contributed by atoms with E-state index in [1.165, 1.54) is 31.2 Å². The lowest BCUT2D eigenvalue weighted by Gasteiger charge is -2.53. The highest BCUT2D eigenvalue weighted by molar-refractivity contribution is 7.78. The van der Waals surface area contributed by atoms with Crippen LogP contribution in [-0.4, -0.2) is 173 Å². The number of fused-ring (bicyclic) bond motifs is 2. The number of carbonyl (C=O) groups excluding carboxylic acids is 9. The summed E-state index contributed by atoms with van der Waals surface area (Å²) in [6.45, 7) is 8.33. The zero-order valence-electron chi connectivity index (χ0n) is 56.4. The van der Waals surface area contributed by atoms with Crippen molar-refractivity contribution in [3.63, 3.8) is 0 Å². The van der Waals surface area contributed by atoms with E-state index in [2.05, 4.69) is 10.6 Å². The summed E-state index contributed by atoms with van der Waals surface area (Å²) in [4.78, 5) is 135. The van der Waals surface area contributed by atoms with E-state index in [0.29, 0.717) is 16.7 Å². The number of carbonyl (C=O) groups is 9. The summed E-state index contributed by atoms with van der Waals surface area (Å²) < 4.78 is 65.7. The van der Waals surface area contributed by atoms with Crippen molar-refractivity contribution in [1.29, 1.82) is 0 Å². The Morgan fingerprint density at radius 2 is 0.980 bits per heavy atom. The topological polar surface area (TPSA) is 280 Å². The minimum absolute atomic E-state index is 0.0287. The second kappa shape index (κ2) is 33.6. The van der Waals surface area contributed by atoms with Crippen LogP contribution in [0, 0.1) is 5.92 Å². The summed E-state index contributed by atoms with van der Waals surface area (Å²) in [6, 6.07) is 41.8. The summed E-state index contributed by atoms with van der Waals surface area (Å²) in [7, 11) is 1.15. The number of nitrogens with zero attached hydrogens (tertiary/aromatic N) is 3. The van der Waals surface area contributed by atoms with Gasteiger partial charge in [0.2, 0.25) is 11.8 Å². The molecule has 7 amide bonds. The maximum Gasteiger partial charge on any atom is 0.408 e. The third kappa shape index (κ3) is 17.8. The van der Waals surface area contributed by atoms with Crippen LogP contribution in [0.25, 0.3) is 0 Å². The van der Waals surface area contributed by atoms with Crippen molar-refractivity contribution in [3.05, 3.63) is 214 Å². The van der Waals surface area contributed by atoms with E-state index in [-0.39, 0.29) is 67.6 Å². The Morgan fingerprint density at radius 1 is 0.560 bits per heavy atom. The van der Waals surface area contributed by atoms with Gasteiger partial charge in [0.15, 0.2) is 18.6 Å².